The van der Waals surface area contributed by atoms with Crippen LogP contribution in [-0.2, 0) is 11.3 Å². The number of alkyl halides is 3. The number of carbonyl (C=O) groups excluding carboxylic acids is 1. The lowest BCUT2D eigenvalue weighted by molar-refractivity contribution is -0.274. The Kier molecular flexibility index (Phi) is 7.07. The molecular formula is C20H19F3N2O4. The van der Waals surface area contributed by atoms with E-state index in [2.05, 4.69) is 10.1 Å². The fraction of sp³-hybridized carbons (Fsp3) is 0.300. The van der Waals surface area contributed by atoms with Crippen LogP contribution in [0.5, 0.6) is 11.5 Å². The fourth-order valence-electron chi connectivity index (χ4n) is 2.36. The number of nitriles is 1. The molecule has 2 aromatic rings. The number of carbonyl (C=O) groups is 1. The molecule has 0 heterocycles. The van der Waals surface area contributed by atoms with E-state index in [0.717, 1.165) is 17.7 Å². The van der Waals surface area contributed by atoms with Gasteiger partial charge in [-0.25, -0.2) is 0 Å². The largest absolute Gasteiger partial charge is 0.573 e. The number of benzene rings is 2. The van der Waals surface area contributed by atoms with Crippen LogP contribution in [0.25, 0.3) is 0 Å². The molecule has 6 nitrogen and oxygen atoms in total. The molecule has 0 spiro atoms. The number of ether oxygens (including phenoxy) is 3. The van der Waals surface area contributed by atoms with Crippen molar-refractivity contribution in [2.45, 2.75) is 25.4 Å². The monoisotopic (exact) mass is 408 g/mol. The van der Waals surface area contributed by atoms with Gasteiger partial charge < -0.3 is 19.5 Å². The van der Waals surface area contributed by atoms with Crippen LogP contribution in [0, 0.1) is 11.3 Å². The maximum Gasteiger partial charge on any atom is 0.573 e. The van der Waals surface area contributed by atoms with Crippen LogP contribution in [0.3, 0.4) is 0 Å². The zero-order valence-electron chi connectivity index (χ0n) is 15.7. The molecule has 0 aliphatic heterocycles. The molecule has 1 atom stereocenters. The number of hydrogen-bond acceptors (Lipinski definition) is 5. The smallest absolute Gasteiger partial charge is 0.497 e. The third-order valence-corrected chi connectivity index (χ3v) is 3.78. The number of halogens is 3. The van der Waals surface area contributed by atoms with E-state index in [9.17, 15) is 23.2 Å². The molecule has 29 heavy (non-hydrogen) atoms. The third-order valence-electron chi connectivity index (χ3n) is 3.78. The summed E-state index contributed by atoms with van der Waals surface area (Å²) in [6.45, 7) is 1.59. The van der Waals surface area contributed by atoms with E-state index in [1.54, 1.807) is 25.3 Å². The van der Waals surface area contributed by atoms with Crippen LogP contribution in [0.4, 0.5) is 13.2 Å². The molecule has 0 aliphatic carbocycles. The van der Waals surface area contributed by atoms with Gasteiger partial charge in [0, 0.05) is 5.56 Å². The number of nitrogens with zero attached hydrogens (tertiary/aromatic N) is 1. The third kappa shape index (κ3) is 7.01. The van der Waals surface area contributed by atoms with Crippen molar-refractivity contribution in [1.29, 1.82) is 5.26 Å². The van der Waals surface area contributed by atoms with Gasteiger partial charge in [0.2, 0.25) is 0 Å². The second kappa shape index (κ2) is 9.30. The SMILES string of the molecule is COc1cccc(COCC(C)(C#N)NC(=O)c2ccc(OC(F)(F)F)cc2)c1. The van der Waals surface area contributed by atoms with Crippen molar-refractivity contribution in [3.8, 4) is 17.6 Å². The topological polar surface area (TPSA) is 80.6 Å². The van der Waals surface area contributed by atoms with Gasteiger partial charge >= 0.3 is 6.36 Å². The number of hydrogen-bond donors (Lipinski definition) is 1. The Bertz CT molecular complexity index is 879. The molecule has 1 unspecified atom stereocenters. The van der Waals surface area contributed by atoms with Crippen LogP contribution in [-0.4, -0.2) is 31.5 Å². The van der Waals surface area contributed by atoms with E-state index >= 15 is 0 Å². The molecule has 1 N–H and O–H groups in total. The van der Waals surface area contributed by atoms with Gasteiger partial charge in [0.15, 0.2) is 0 Å². The molecule has 0 fully saturated rings. The van der Waals surface area contributed by atoms with Gasteiger partial charge in [0.1, 0.15) is 17.0 Å². The van der Waals surface area contributed by atoms with Gasteiger partial charge in [0.05, 0.1) is 26.4 Å². The molecule has 0 radical (unpaired) electrons. The molecule has 154 valence electrons. The van der Waals surface area contributed by atoms with E-state index in [1.807, 2.05) is 12.1 Å². The first-order valence-corrected chi connectivity index (χ1v) is 8.44. The first-order valence-electron chi connectivity index (χ1n) is 8.44. The zero-order valence-corrected chi connectivity index (χ0v) is 15.7. The first-order chi connectivity index (χ1) is 13.6. The van der Waals surface area contributed by atoms with E-state index in [0.29, 0.717) is 5.75 Å². The Morgan fingerprint density at radius 1 is 1.14 bits per heavy atom. The van der Waals surface area contributed by atoms with Crippen molar-refractivity contribution in [1.82, 2.24) is 5.32 Å². The Morgan fingerprint density at radius 2 is 1.83 bits per heavy atom. The van der Waals surface area contributed by atoms with Crippen LogP contribution in [0.1, 0.15) is 22.8 Å². The highest BCUT2D eigenvalue weighted by atomic mass is 19.4. The molecule has 0 saturated carbocycles. The summed E-state index contributed by atoms with van der Waals surface area (Å²) in [7, 11) is 1.55. The minimum Gasteiger partial charge on any atom is -0.497 e. The molecule has 2 rings (SSSR count). The molecule has 0 aliphatic rings. The summed E-state index contributed by atoms with van der Waals surface area (Å²) < 4.78 is 51.0. The molecule has 0 bridgehead atoms. The maximum absolute atomic E-state index is 12.3. The van der Waals surface area contributed by atoms with E-state index < -0.39 is 23.6 Å². The molecule has 2 aromatic carbocycles. The Balaban J connectivity index is 1.94. The molecule has 1 amide bonds. The molecular weight excluding hydrogens is 389 g/mol. The highest BCUT2D eigenvalue weighted by Gasteiger charge is 2.31. The Labute approximate surface area is 165 Å². The normalized spacial score (nSPS) is 13.1. The van der Waals surface area contributed by atoms with Crippen molar-refractivity contribution in [3.05, 3.63) is 59.7 Å². The summed E-state index contributed by atoms with van der Waals surface area (Å²) in [4.78, 5) is 12.3. The van der Waals surface area contributed by atoms with Gasteiger partial charge in [-0.1, -0.05) is 12.1 Å². The van der Waals surface area contributed by atoms with Crippen molar-refractivity contribution >= 4 is 5.91 Å². The van der Waals surface area contributed by atoms with Crippen molar-refractivity contribution in [3.63, 3.8) is 0 Å². The number of methoxy groups -OCH3 is 1. The standard InChI is InChI=1S/C20H19F3N2O4/c1-19(12-24,13-28-11-14-4-3-5-17(10-14)27-2)25-18(26)15-6-8-16(9-7-15)29-20(21,22)23/h3-10H,11,13H2,1-2H3,(H,25,26). The van der Waals surface area contributed by atoms with Gasteiger partial charge in [0.25, 0.3) is 5.91 Å². The average molecular weight is 408 g/mol. The van der Waals surface area contributed by atoms with Crippen LogP contribution < -0.4 is 14.8 Å². The van der Waals surface area contributed by atoms with Crippen molar-refractivity contribution in [2.24, 2.45) is 0 Å². The predicted molar refractivity (Wildman–Crippen MR) is 97.3 cm³/mol. The van der Waals surface area contributed by atoms with Crippen LogP contribution in [0.15, 0.2) is 48.5 Å². The second-order valence-corrected chi connectivity index (χ2v) is 6.31. The number of amides is 1. The highest BCUT2D eigenvalue weighted by molar-refractivity contribution is 5.95. The summed E-state index contributed by atoms with van der Waals surface area (Å²) >= 11 is 0. The second-order valence-electron chi connectivity index (χ2n) is 6.31. The minimum atomic E-state index is -4.82. The summed E-state index contributed by atoms with van der Waals surface area (Å²) in [6, 6.07) is 13.6. The van der Waals surface area contributed by atoms with E-state index in [-0.39, 0.29) is 18.8 Å². The Morgan fingerprint density at radius 3 is 2.41 bits per heavy atom. The lowest BCUT2D eigenvalue weighted by Gasteiger charge is -2.23. The predicted octanol–water partition coefficient (Wildman–Crippen LogP) is 3.82. The Hall–Kier alpha value is -3.25. The van der Waals surface area contributed by atoms with Gasteiger partial charge in [-0.15, -0.1) is 13.2 Å². The van der Waals surface area contributed by atoms with Gasteiger partial charge in [-0.2, -0.15) is 5.26 Å². The maximum atomic E-state index is 12.3. The van der Waals surface area contributed by atoms with E-state index in [1.165, 1.54) is 19.1 Å². The quantitative estimate of drug-likeness (QED) is 0.718. The van der Waals surface area contributed by atoms with Gasteiger partial charge in [-0.05, 0) is 48.9 Å². The number of rotatable bonds is 8. The average Bonchev–Trinajstić information content (AvgIpc) is 2.67. The lowest BCUT2D eigenvalue weighted by atomic mass is 10.0. The summed E-state index contributed by atoms with van der Waals surface area (Å²) in [6.07, 6.45) is -4.82. The zero-order chi connectivity index (χ0) is 21.5. The molecule has 0 aromatic heterocycles. The molecule has 9 heteroatoms. The van der Waals surface area contributed by atoms with Crippen LogP contribution in [0.2, 0.25) is 0 Å². The lowest BCUT2D eigenvalue weighted by Crippen LogP contribution is -2.48. The van der Waals surface area contributed by atoms with Crippen molar-refractivity contribution < 1.29 is 32.2 Å². The summed E-state index contributed by atoms with van der Waals surface area (Å²) in [5, 5.41) is 11.9. The molecule has 0 saturated heterocycles. The van der Waals surface area contributed by atoms with Gasteiger partial charge in [-0.3, -0.25) is 4.79 Å². The number of nitrogens with one attached hydrogen (secondary N) is 1. The van der Waals surface area contributed by atoms with Crippen molar-refractivity contribution in [2.75, 3.05) is 13.7 Å². The minimum absolute atomic E-state index is 0.0776. The summed E-state index contributed by atoms with van der Waals surface area (Å²) in [5.74, 6) is -0.406. The first kappa shape index (κ1) is 22.0. The fourth-order valence-corrected chi connectivity index (χ4v) is 2.36. The summed E-state index contributed by atoms with van der Waals surface area (Å²) in [5.41, 5.74) is -0.429. The van der Waals surface area contributed by atoms with E-state index in [4.69, 9.17) is 9.47 Å². The highest BCUT2D eigenvalue weighted by Crippen LogP contribution is 2.23. The van der Waals surface area contributed by atoms with Crippen LogP contribution >= 0.6 is 0 Å².